The number of anilines is 1. The van der Waals surface area contributed by atoms with Crippen molar-refractivity contribution in [3.63, 3.8) is 0 Å². The molecule has 180 valence electrons. The molecular weight excluding hydrogens is 462 g/mol. The van der Waals surface area contributed by atoms with Crippen molar-refractivity contribution in [3.8, 4) is 5.75 Å². The lowest BCUT2D eigenvalue weighted by Crippen LogP contribution is -2.12. The highest BCUT2D eigenvalue weighted by atomic mass is 19.2. The van der Waals surface area contributed by atoms with E-state index in [0.29, 0.717) is 5.56 Å². The van der Waals surface area contributed by atoms with Crippen LogP contribution < -0.4 is 10.1 Å². The van der Waals surface area contributed by atoms with E-state index >= 15 is 0 Å². The summed E-state index contributed by atoms with van der Waals surface area (Å²) in [6, 6.07) is 13.1. The lowest BCUT2D eigenvalue weighted by molar-refractivity contribution is 0.102. The van der Waals surface area contributed by atoms with Crippen LogP contribution in [0.4, 0.5) is 23.2 Å². The van der Waals surface area contributed by atoms with Gasteiger partial charge in [0.25, 0.3) is 5.91 Å². The van der Waals surface area contributed by atoms with Gasteiger partial charge in [-0.15, -0.1) is 0 Å². The molecule has 3 aromatic carbocycles. The maximum Gasteiger partial charge on any atom is 0.255 e. The first-order valence-corrected chi connectivity index (χ1v) is 10.7. The number of benzene rings is 3. The van der Waals surface area contributed by atoms with E-state index in [9.17, 15) is 22.4 Å². The largest absolute Gasteiger partial charge is 0.489 e. The van der Waals surface area contributed by atoms with Gasteiger partial charge in [-0.25, -0.2) is 17.6 Å². The van der Waals surface area contributed by atoms with E-state index in [1.54, 1.807) is 18.2 Å². The van der Waals surface area contributed by atoms with Crippen LogP contribution in [0.3, 0.4) is 0 Å². The molecule has 5 nitrogen and oxygen atoms in total. The molecule has 0 saturated heterocycles. The van der Waals surface area contributed by atoms with E-state index in [2.05, 4.69) is 10.4 Å². The molecule has 1 heterocycles. The summed E-state index contributed by atoms with van der Waals surface area (Å²) in [5.41, 5.74) is 2.83. The Bertz CT molecular complexity index is 1400. The van der Waals surface area contributed by atoms with Crippen molar-refractivity contribution in [2.45, 2.75) is 27.0 Å². The summed E-state index contributed by atoms with van der Waals surface area (Å²) < 4.78 is 61.4. The van der Waals surface area contributed by atoms with Gasteiger partial charge in [0.15, 0.2) is 17.5 Å². The van der Waals surface area contributed by atoms with Gasteiger partial charge < -0.3 is 10.1 Å². The number of nitrogens with zero attached hydrogens (tertiary/aromatic N) is 2. The average Bonchev–Trinajstić information content (AvgIpc) is 3.28. The fourth-order valence-electron chi connectivity index (χ4n) is 3.45. The summed E-state index contributed by atoms with van der Waals surface area (Å²) >= 11 is 0. The quantitative estimate of drug-likeness (QED) is 0.201. The van der Waals surface area contributed by atoms with Crippen molar-refractivity contribution in [1.29, 1.82) is 0 Å². The van der Waals surface area contributed by atoms with E-state index in [4.69, 9.17) is 4.74 Å². The number of rotatable bonds is 7. The van der Waals surface area contributed by atoms with Gasteiger partial charge in [-0.3, -0.25) is 9.48 Å². The fourth-order valence-corrected chi connectivity index (χ4v) is 3.45. The number of nitrogens with one attached hydrogen (secondary N) is 1. The first-order valence-electron chi connectivity index (χ1n) is 10.7. The normalized spacial score (nSPS) is 10.9. The van der Waals surface area contributed by atoms with Gasteiger partial charge >= 0.3 is 0 Å². The molecule has 4 rings (SSSR count). The molecule has 9 heteroatoms. The molecule has 1 aromatic heterocycles. The van der Waals surface area contributed by atoms with E-state index in [1.165, 1.54) is 12.4 Å². The van der Waals surface area contributed by atoms with Crippen LogP contribution in [0.2, 0.25) is 0 Å². The number of carbonyl (C=O) groups excluding carboxylic acids is 1. The summed E-state index contributed by atoms with van der Waals surface area (Å²) in [6.07, 6.45) is 2.60. The molecule has 0 unspecified atom stereocenters. The van der Waals surface area contributed by atoms with Gasteiger partial charge in [0, 0.05) is 23.4 Å². The van der Waals surface area contributed by atoms with Crippen molar-refractivity contribution < 1.29 is 27.1 Å². The van der Waals surface area contributed by atoms with Crippen LogP contribution in [0.25, 0.3) is 0 Å². The van der Waals surface area contributed by atoms with Crippen molar-refractivity contribution in [2.75, 3.05) is 5.32 Å². The second-order valence-electron chi connectivity index (χ2n) is 8.09. The minimum Gasteiger partial charge on any atom is -0.489 e. The zero-order chi connectivity index (χ0) is 25.1. The Morgan fingerprint density at radius 3 is 2.60 bits per heavy atom. The van der Waals surface area contributed by atoms with Crippen molar-refractivity contribution in [2.24, 2.45) is 0 Å². The average molecular weight is 483 g/mol. The summed E-state index contributed by atoms with van der Waals surface area (Å²) in [5.74, 6) is -5.89. The molecular formula is C26H21F4N3O2. The molecule has 0 bridgehead atoms. The number of hydrogen-bond acceptors (Lipinski definition) is 3. The van der Waals surface area contributed by atoms with Crippen LogP contribution in [0.15, 0.2) is 60.9 Å². The predicted octanol–water partition coefficient (Wildman–Crippen LogP) is 5.94. The molecule has 0 aliphatic carbocycles. The Kier molecular flexibility index (Phi) is 6.86. The monoisotopic (exact) mass is 483 g/mol. The van der Waals surface area contributed by atoms with E-state index in [0.717, 1.165) is 27.1 Å². The maximum atomic E-state index is 13.9. The lowest BCUT2D eigenvalue weighted by atomic mass is 10.1. The molecule has 0 aliphatic rings. The zero-order valence-corrected chi connectivity index (χ0v) is 18.9. The van der Waals surface area contributed by atoms with Crippen LogP contribution >= 0.6 is 0 Å². The number of aromatic nitrogens is 2. The minimum atomic E-state index is -1.76. The topological polar surface area (TPSA) is 56.1 Å². The number of aryl methyl sites for hydroxylation is 2. The number of ether oxygens (including phenoxy) is 1. The fraction of sp³-hybridized carbons (Fsp3) is 0.154. The summed E-state index contributed by atoms with van der Waals surface area (Å²) in [7, 11) is 0. The molecule has 0 saturated carbocycles. The van der Waals surface area contributed by atoms with Gasteiger partial charge in [0.1, 0.15) is 18.2 Å². The Morgan fingerprint density at radius 2 is 1.80 bits per heavy atom. The smallest absolute Gasteiger partial charge is 0.255 e. The summed E-state index contributed by atoms with van der Waals surface area (Å²) in [4.78, 5) is 12.7. The van der Waals surface area contributed by atoms with Gasteiger partial charge in [0.2, 0.25) is 0 Å². The molecule has 1 N–H and O–H groups in total. The third-order valence-electron chi connectivity index (χ3n) is 5.35. The first-order chi connectivity index (χ1) is 16.7. The summed E-state index contributed by atoms with van der Waals surface area (Å²) in [5, 5.41) is 6.57. The molecule has 35 heavy (non-hydrogen) atoms. The Morgan fingerprint density at radius 1 is 1.00 bits per heavy atom. The molecule has 0 aliphatic heterocycles. The number of halogens is 4. The van der Waals surface area contributed by atoms with Crippen LogP contribution in [-0.4, -0.2) is 15.7 Å². The SMILES string of the molecule is Cc1ccc(C)c(OCc2cccc(C(=O)Nc3cnn(Cc4c(F)cc(F)c(F)c4F)c3)c2)c1. The molecule has 4 aromatic rings. The highest BCUT2D eigenvalue weighted by Gasteiger charge is 2.19. The molecule has 0 radical (unpaired) electrons. The van der Waals surface area contributed by atoms with E-state index < -0.39 is 41.3 Å². The maximum absolute atomic E-state index is 13.9. The van der Waals surface area contributed by atoms with Gasteiger partial charge in [-0.2, -0.15) is 5.10 Å². The molecule has 0 spiro atoms. The van der Waals surface area contributed by atoms with Crippen LogP contribution in [-0.2, 0) is 13.2 Å². The zero-order valence-electron chi connectivity index (χ0n) is 18.9. The third-order valence-corrected chi connectivity index (χ3v) is 5.35. The van der Waals surface area contributed by atoms with Gasteiger partial charge in [0.05, 0.1) is 18.4 Å². The molecule has 1 amide bonds. The minimum absolute atomic E-state index is 0.260. The first kappa shape index (κ1) is 24.0. The second-order valence-corrected chi connectivity index (χ2v) is 8.09. The van der Waals surface area contributed by atoms with E-state index in [-0.39, 0.29) is 18.4 Å². The summed E-state index contributed by atoms with van der Waals surface area (Å²) in [6.45, 7) is 3.71. The molecule has 0 atom stereocenters. The third kappa shape index (κ3) is 5.51. The number of carbonyl (C=O) groups is 1. The highest BCUT2D eigenvalue weighted by Crippen LogP contribution is 2.22. The lowest BCUT2D eigenvalue weighted by Gasteiger charge is -2.11. The van der Waals surface area contributed by atoms with Crippen LogP contribution in [0.5, 0.6) is 5.75 Å². The second kappa shape index (κ2) is 10.0. The van der Waals surface area contributed by atoms with Crippen LogP contribution in [0, 0.1) is 37.1 Å². The Labute approximate surface area is 199 Å². The number of hydrogen-bond donors (Lipinski definition) is 1. The number of amides is 1. The predicted molar refractivity (Wildman–Crippen MR) is 122 cm³/mol. The molecule has 0 fully saturated rings. The van der Waals surface area contributed by atoms with Crippen molar-refractivity contribution in [3.05, 3.63) is 112 Å². The Hall–Kier alpha value is -4.14. The van der Waals surface area contributed by atoms with Crippen molar-refractivity contribution >= 4 is 11.6 Å². The van der Waals surface area contributed by atoms with Gasteiger partial charge in [-0.1, -0.05) is 24.3 Å². The highest BCUT2D eigenvalue weighted by molar-refractivity contribution is 6.04. The van der Waals surface area contributed by atoms with Gasteiger partial charge in [-0.05, 0) is 48.7 Å². The van der Waals surface area contributed by atoms with Crippen molar-refractivity contribution in [1.82, 2.24) is 9.78 Å². The standard InChI is InChI=1S/C26H21F4N3O2/c1-15-6-7-16(2)23(8-15)35-14-17-4-3-5-18(9-17)26(34)32-19-11-31-33(12-19)13-20-21(27)10-22(28)25(30)24(20)29/h3-12H,13-14H2,1-2H3,(H,32,34). The van der Waals surface area contributed by atoms with E-state index in [1.807, 2.05) is 38.1 Å². The Balaban J connectivity index is 1.42. The van der Waals surface area contributed by atoms with Crippen LogP contribution in [0.1, 0.15) is 32.6 Å².